The normalized spacial score (nSPS) is 24.4. The number of imidazole rings is 1. The summed E-state index contributed by atoms with van der Waals surface area (Å²) >= 11 is 1.11. The first-order valence-electron chi connectivity index (χ1n) is 14.1. The van der Waals surface area contributed by atoms with E-state index in [0.717, 1.165) is 24.2 Å². The van der Waals surface area contributed by atoms with E-state index < -0.39 is 30.7 Å². The van der Waals surface area contributed by atoms with E-state index in [0.29, 0.717) is 35.4 Å². The van der Waals surface area contributed by atoms with Crippen LogP contribution in [0.4, 0.5) is 23.2 Å². The predicted octanol–water partition coefficient (Wildman–Crippen LogP) is 4.74. The zero-order chi connectivity index (χ0) is 29.9. The summed E-state index contributed by atoms with van der Waals surface area (Å²) in [7, 11) is 1.95. The van der Waals surface area contributed by atoms with Crippen molar-refractivity contribution in [3.63, 3.8) is 0 Å². The third-order valence-electron chi connectivity index (χ3n) is 8.66. The van der Waals surface area contributed by atoms with Gasteiger partial charge in [0.2, 0.25) is 11.7 Å². The van der Waals surface area contributed by atoms with E-state index in [1.807, 2.05) is 7.05 Å². The van der Waals surface area contributed by atoms with Gasteiger partial charge < -0.3 is 24.5 Å². The molecule has 1 aromatic carbocycles. The Morgan fingerprint density at radius 1 is 1.21 bits per heavy atom. The van der Waals surface area contributed by atoms with Gasteiger partial charge in [0, 0.05) is 18.3 Å². The fraction of sp³-hybridized carbons (Fsp3) is 0.500. The van der Waals surface area contributed by atoms with Gasteiger partial charge in [-0.2, -0.15) is 18.2 Å². The van der Waals surface area contributed by atoms with Crippen molar-refractivity contribution in [1.29, 1.82) is 0 Å². The molecule has 3 aliphatic heterocycles. The van der Waals surface area contributed by atoms with Crippen molar-refractivity contribution in [2.24, 2.45) is 0 Å². The summed E-state index contributed by atoms with van der Waals surface area (Å²) in [6, 6.07) is 4.89. The number of amides is 1. The third kappa shape index (κ3) is 5.38. The van der Waals surface area contributed by atoms with Crippen LogP contribution in [0.3, 0.4) is 0 Å². The van der Waals surface area contributed by atoms with E-state index in [9.17, 15) is 18.0 Å². The number of hydrogen-bond acceptors (Lipinski definition) is 9. The van der Waals surface area contributed by atoms with E-state index >= 15 is 4.39 Å². The molecule has 10 nitrogen and oxygen atoms in total. The number of ether oxygens (including phenoxy) is 1. The molecule has 4 unspecified atom stereocenters. The number of thiophene rings is 1. The maximum Gasteiger partial charge on any atom is 0.393 e. The Morgan fingerprint density at radius 2 is 2.05 bits per heavy atom. The van der Waals surface area contributed by atoms with Crippen molar-refractivity contribution in [3.05, 3.63) is 47.9 Å². The lowest BCUT2D eigenvalue weighted by Gasteiger charge is -2.39. The second kappa shape index (κ2) is 10.9. The molecule has 0 spiro atoms. The van der Waals surface area contributed by atoms with Crippen molar-refractivity contribution in [2.75, 3.05) is 25.6 Å². The summed E-state index contributed by atoms with van der Waals surface area (Å²) in [4.78, 5) is 23.3. The van der Waals surface area contributed by atoms with Crippen LogP contribution in [0.1, 0.15) is 47.2 Å². The standard InChI is InChI=1S/C28H29F4N7O3S/c1-38-14-5-6-21(38)23(29)19(7-14)35-18-4-2-3-16-17(8-28(30,31)32)25(43-24(16)18)26-36-22(42-37-26)9-33-27(40)20-10-39(13-34-20)15-11-41-12-15/h2-4,10,13-15,19,21,23,35H,5-9,11-12H2,1H3,(H,33,40). The van der Waals surface area contributed by atoms with Crippen LogP contribution in [0.15, 0.2) is 35.2 Å². The van der Waals surface area contributed by atoms with E-state index in [2.05, 4.69) is 30.7 Å². The highest BCUT2D eigenvalue weighted by Crippen LogP contribution is 2.45. The van der Waals surface area contributed by atoms with Crippen molar-refractivity contribution in [2.45, 2.75) is 68.7 Å². The molecule has 3 saturated heterocycles. The number of carbonyl (C=O) groups is 1. The van der Waals surface area contributed by atoms with Gasteiger partial charge in [-0.1, -0.05) is 17.3 Å². The van der Waals surface area contributed by atoms with Gasteiger partial charge in [0.1, 0.15) is 11.9 Å². The second-order valence-electron chi connectivity index (χ2n) is 11.4. The SMILES string of the molecule is CN1C2CCC1C(F)C(Nc1cccc3c(CC(F)(F)F)c(-c4noc(CNC(=O)c5cn(C6COC6)cn5)n4)sc13)C2. The quantitative estimate of drug-likeness (QED) is 0.272. The van der Waals surface area contributed by atoms with Crippen LogP contribution in [0, 0.1) is 0 Å². The molecule has 43 heavy (non-hydrogen) atoms. The number of carbonyl (C=O) groups excluding carboxylic acids is 1. The smallest absolute Gasteiger partial charge is 0.378 e. The molecular formula is C28H29F4N7O3S. The third-order valence-corrected chi connectivity index (χ3v) is 9.93. The summed E-state index contributed by atoms with van der Waals surface area (Å²) in [5, 5.41) is 10.3. The summed E-state index contributed by atoms with van der Waals surface area (Å²) in [6.45, 7) is 0.987. The largest absolute Gasteiger partial charge is 0.393 e. The second-order valence-corrected chi connectivity index (χ2v) is 12.4. The Balaban J connectivity index is 1.13. The van der Waals surface area contributed by atoms with Gasteiger partial charge >= 0.3 is 6.18 Å². The van der Waals surface area contributed by atoms with Crippen LogP contribution in [0.25, 0.3) is 20.8 Å². The number of hydrogen-bond donors (Lipinski definition) is 2. The molecule has 0 aliphatic carbocycles. The topological polar surface area (TPSA) is 110 Å². The number of alkyl halides is 4. The lowest BCUT2D eigenvalue weighted by atomic mass is 9.95. The van der Waals surface area contributed by atoms with E-state index in [1.54, 1.807) is 35.3 Å². The Labute approximate surface area is 247 Å². The number of fused-ring (bicyclic) bond motifs is 3. The van der Waals surface area contributed by atoms with Crippen LogP contribution in [0.2, 0.25) is 0 Å². The number of nitrogens with one attached hydrogen (secondary N) is 2. The van der Waals surface area contributed by atoms with Gasteiger partial charge in [0.15, 0.2) is 0 Å². The molecule has 228 valence electrons. The van der Waals surface area contributed by atoms with Crippen molar-refractivity contribution in [1.82, 2.24) is 29.9 Å². The maximum absolute atomic E-state index is 15.4. The number of nitrogens with zero attached hydrogens (tertiary/aromatic N) is 5. The number of piperidine rings is 1. The minimum absolute atomic E-state index is 0.00869. The molecule has 2 bridgehead atoms. The molecule has 2 N–H and O–H groups in total. The van der Waals surface area contributed by atoms with E-state index in [-0.39, 0.29) is 52.5 Å². The Hall–Kier alpha value is -3.56. The van der Waals surface area contributed by atoms with Crippen molar-refractivity contribution < 1.29 is 31.6 Å². The van der Waals surface area contributed by atoms with E-state index in [1.165, 1.54) is 0 Å². The van der Waals surface area contributed by atoms with Gasteiger partial charge in [-0.3, -0.25) is 9.69 Å². The average Bonchev–Trinajstić information content (AvgIpc) is 3.71. The lowest BCUT2D eigenvalue weighted by molar-refractivity contribution is -0.126. The number of rotatable bonds is 8. The number of halogens is 4. The highest BCUT2D eigenvalue weighted by molar-refractivity contribution is 7.23. The minimum Gasteiger partial charge on any atom is -0.378 e. The first-order valence-corrected chi connectivity index (χ1v) is 14.9. The zero-order valence-electron chi connectivity index (χ0n) is 23.1. The minimum atomic E-state index is -4.49. The van der Waals surface area contributed by atoms with Crippen LogP contribution in [0.5, 0.6) is 0 Å². The maximum atomic E-state index is 15.4. The molecule has 7 rings (SSSR count). The molecule has 4 atom stereocenters. The van der Waals surface area contributed by atoms with Crippen molar-refractivity contribution in [3.8, 4) is 10.7 Å². The lowest BCUT2D eigenvalue weighted by Crippen LogP contribution is -2.53. The monoisotopic (exact) mass is 619 g/mol. The molecule has 0 saturated carbocycles. The van der Waals surface area contributed by atoms with Gasteiger partial charge in [-0.25, -0.2) is 9.37 Å². The number of benzene rings is 1. The molecular weight excluding hydrogens is 590 g/mol. The highest BCUT2D eigenvalue weighted by Gasteiger charge is 2.46. The zero-order valence-corrected chi connectivity index (χ0v) is 23.9. The summed E-state index contributed by atoms with van der Waals surface area (Å²) in [5.74, 6) is -0.431. The molecule has 4 aromatic rings. The molecule has 1 amide bonds. The summed E-state index contributed by atoms with van der Waals surface area (Å²) in [5.41, 5.74) is 0.813. The molecule has 3 aliphatic rings. The van der Waals surface area contributed by atoms with Gasteiger partial charge in [0.05, 0.1) is 59.9 Å². The fourth-order valence-corrected chi connectivity index (χ4v) is 7.52. The van der Waals surface area contributed by atoms with Crippen LogP contribution in [-0.2, 0) is 17.7 Å². The summed E-state index contributed by atoms with van der Waals surface area (Å²) in [6.07, 6.45) is -1.24. The highest BCUT2D eigenvalue weighted by atomic mass is 32.1. The Kier molecular flexibility index (Phi) is 7.13. The Morgan fingerprint density at radius 3 is 2.81 bits per heavy atom. The van der Waals surface area contributed by atoms with Crippen LogP contribution < -0.4 is 10.6 Å². The molecule has 0 radical (unpaired) electrons. The molecule has 3 fully saturated rings. The predicted molar refractivity (Wildman–Crippen MR) is 150 cm³/mol. The van der Waals surface area contributed by atoms with E-state index in [4.69, 9.17) is 9.26 Å². The molecule has 15 heteroatoms. The molecule has 6 heterocycles. The fourth-order valence-electron chi connectivity index (χ4n) is 6.29. The summed E-state index contributed by atoms with van der Waals surface area (Å²) < 4.78 is 69.5. The first-order chi connectivity index (χ1) is 20.6. The van der Waals surface area contributed by atoms with Crippen LogP contribution in [-0.4, -0.2) is 81.2 Å². The van der Waals surface area contributed by atoms with Gasteiger partial charge in [-0.15, -0.1) is 11.3 Å². The van der Waals surface area contributed by atoms with Gasteiger partial charge in [-0.05, 0) is 43.3 Å². The Bertz CT molecular complexity index is 1650. The van der Waals surface area contributed by atoms with Crippen LogP contribution >= 0.6 is 11.3 Å². The van der Waals surface area contributed by atoms with Crippen molar-refractivity contribution >= 4 is 33.0 Å². The number of aromatic nitrogens is 4. The number of anilines is 1. The van der Waals surface area contributed by atoms with Gasteiger partial charge in [0.25, 0.3) is 5.91 Å². The average molecular weight is 620 g/mol. The molecule has 3 aromatic heterocycles. The first kappa shape index (κ1) is 28.2.